The summed E-state index contributed by atoms with van der Waals surface area (Å²) < 4.78 is 18.6. The van der Waals surface area contributed by atoms with E-state index < -0.39 is 11.9 Å². The van der Waals surface area contributed by atoms with Crippen molar-refractivity contribution in [2.45, 2.75) is 18.9 Å². The number of halogens is 2. The third kappa shape index (κ3) is 5.09. The molecule has 1 fully saturated rings. The standard InChI is InChI=1S/C16H19ClFNO3/c17-13-3-2-12(9-14(13)18)15(20)10-19-16(21)4-1-11-5-7-22-8-6-11/h1-4,9,11,15,20H,5-8,10H2,(H,19,21)/b4-1+. The molecule has 0 aliphatic carbocycles. The van der Waals surface area contributed by atoms with Crippen molar-refractivity contribution in [3.05, 3.63) is 46.8 Å². The number of aliphatic hydroxyl groups excluding tert-OH is 1. The number of benzene rings is 1. The maximum absolute atomic E-state index is 13.3. The number of aliphatic hydroxyl groups is 1. The van der Waals surface area contributed by atoms with Crippen molar-refractivity contribution in [3.63, 3.8) is 0 Å². The molecule has 1 aromatic rings. The molecule has 1 saturated heterocycles. The largest absolute Gasteiger partial charge is 0.387 e. The van der Waals surface area contributed by atoms with E-state index in [0.717, 1.165) is 32.1 Å². The average molecular weight is 328 g/mol. The zero-order valence-corrected chi connectivity index (χ0v) is 12.9. The van der Waals surface area contributed by atoms with Gasteiger partial charge in [-0.25, -0.2) is 4.39 Å². The maximum atomic E-state index is 13.3. The van der Waals surface area contributed by atoms with E-state index in [1.54, 1.807) is 0 Å². The van der Waals surface area contributed by atoms with Crippen molar-refractivity contribution in [2.24, 2.45) is 5.92 Å². The molecular weight excluding hydrogens is 309 g/mol. The van der Waals surface area contributed by atoms with Gasteiger partial charge in [0.25, 0.3) is 0 Å². The van der Waals surface area contributed by atoms with Crippen molar-refractivity contribution in [3.8, 4) is 0 Å². The second-order valence-corrected chi connectivity index (χ2v) is 5.65. The Kier molecular flexibility index (Phi) is 6.36. The molecule has 2 N–H and O–H groups in total. The van der Waals surface area contributed by atoms with Crippen LogP contribution in [0.3, 0.4) is 0 Å². The van der Waals surface area contributed by atoms with Gasteiger partial charge in [0.1, 0.15) is 5.82 Å². The van der Waals surface area contributed by atoms with E-state index in [0.29, 0.717) is 11.5 Å². The van der Waals surface area contributed by atoms with Gasteiger partial charge in [-0.05, 0) is 42.5 Å². The zero-order valence-electron chi connectivity index (χ0n) is 12.1. The predicted molar refractivity (Wildman–Crippen MR) is 82.1 cm³/mol. The molecule has 1 aliphatic heterocycles. The monoisotopic (exact) mass is 327 g/mol. The second kappa shape index (κ2) is 8.27. The average Bonchev–Trinajstić information content (AvgIpc) is 2.54. The molecule has 0 spiro atoms. The summed E-state index contributed by atoms with van der Waals surface area (Å²) in [6.45, 7) is 1.45. The Morgan fingerprint density at radius 2 is 2.23 bits per heavy atom. The van der Waals surface area contributed by atoms with Crippen LogP contribution < -0.4 is 5.32 Å². The molecule has 0 aromatic heterocycles. The Labute approximate surface area is 133 Å². The van der Waals surface area contributed by atoms with Gasteiger partial charge < -0.3 is 15.2 Å². The van der Waals surface area contributed by atoms with E-state index in [1.807, 2.05) is 6.08 Å². The lowest BCUT2D eigenvalue weighted by Gasteiger charge is -2.18. The van der Waals surface area contributed by atoms with Gasteiger partial charge in [0.05, 0.1) is 11.1 Å². The highest BCUT2D eigenvalue weighted by atomic mass is 35.5. The SMILES string of the molecule is O=C(/C=C/C1CCOCC1)NCC(O)c1ccc(Cl)c(F)c1. The first kappa shape index (κ1) is 16.9. The first-order valence-corrected chi connectivity index (χ1v) is 7.61. The number of nitrogens with one attached hydrogen (secondary N) is 1. The molecule has 22 heavy (non-hydrogen) atoms. The molecule has 0 radical (unpaired) electrons. The van der Waals surface area contributed by atoms with Gasteiger partial charge in [0.2, 0.25) is 5.91 Å². The van der Waals surface area contributed by atoms with Crippen molar-refractivity contribution in [2.75, 3.05) is 19.8 Å². The third-order valence-electron chi connectivity index (χ3n) is 3.58. The van der Waals surface area contributed by atoms with Crippen LogP contribution in [0.1, 0.15) is 24.5 Å². The minimum Gasteiger partial charge on any atom is -0.387 e. The molecule has 1 atom stereocenters. The van der Waals surface area contributed by atoms with E-state index in [4.69, 9.17) is 16.3 Å². The van der Waals surface area contributed by atoms with Gasteiger partial charge in [0.15, 0.2) is 0 Å². The van der Waals surface area contributed by atoms with E-state index >= 15 is 0 Å². The summed E-state index contributed by atoms with van der Waals surface area (Å²) >= 11 is 5.58. The lowest BCUT2D eigenvalue weighted by molar-refractivity contribution is -0.117. The van der Waals surface area contributed by atoms with E-state index in [9.17, 15) is 14.3 Å². The Hall–Kier alpha value is -1.43. The van der Waals surface area contributed by atoms with Gasteiger partial charge in [-0.1, -0.05) is 23.7 Å². The maximum Gasteiger partial charge on any atom is 0.243 e. The molecule has 1 amide bonds. The normalized spacial score (nSPS) is 17.6. The molecule has 6 heteroatoms. The van der Waals surface area contributed by atoms with E-state index in [2.05, 4.69) is 5.32 Å². The second-order valence-electron chi connectivity index (χ2n) is 5.24. The number of carbonyl (C=O) groups excluding carboxylic acids is 1. The summed E-state index contributed by atoms with van der Waals surface area (Å²) in [5, 5.41) is 12.5. The van der Waals surface area contributed by atoms with E-state index in [1.165, 1.54) is 18.2 Å². The molecule has 0 bridgehead atoms. The summed E-state index contributed by atoms with van der Waals surface area (Å²) in [6.07, 6.45) is 4.19. The minimum absolute atomic E-state index is 0.000574. The third-order valence-corrected chi connectivity index (χ3v) is 3.89. The Morgan fingerprint density at radius 3 is 2.91 bits per heavy atom. The quantitative estimate of drug-likeness (QED) is 0.817. The number of carbonyl (C=O) groups is 1. The highest BCUT2D eigenvalue weighted by Crippen LogP contribution is 2.20. The van der Waals surface area contributed by atoms with Crippen LogP contribution in [0, 0.1) is 11.7 Å². The highest BCUT2D eigenvalue weighted by Gasteiger charge is 2.12. The van der Waals surface area contributed by atoms with Gasteiger partial charge >= 0.3 is 0 Å². The number of allylic oxidation sites excluding steroid dienone is 1. The Bertz CT molecular complexity index is 544. The number of rotatable bonds is 5. The van der Waals surface area contributed by atoms with Crippen LogP contribution in [0.25, 0.3) is 0 Å². The van der Waals surface area contributed by atoms with Crippen LogP contribution in [-0.4, -0.2) is 30.8 Å². The Balaban J connectivity index is 1.79. The van der Waals surface area contributed by atoms with Crippen LogP contribution in [0.2, 0.25) is 5.02 Å². The summed E-state index contributed by atoms with van der Waals surface area (Å²) in [5.74, 6) is -0.515. The predicted octanol–water partition coefficient (Wildman–Crippen LogP) is 2.61. The van der Waals surface area contributed by atoms with Gasteiger partial charge in [-0.2, -0.15) is 0 Å². The molecule has 4 nitrogen and oxygen atoms in total. The van der Waals surface area contributed by atoms with Crippen molar-refractivity contribution in [1.29, 1.82) is 0 Å². The van der Waals surface area contributed by atoms with Gasteiger partial charge in [-0.15, -0.1) is 0 Å². The summed E-state index contributed by atoms with van der Waals surface area (Å²) in [6, 6.07) is 4.07. The number of amides is 1. The van der Waals surface area contributed by atoms with Crippen molar-refractivity contribution < 1.29 is 19.0 Å². The Morgan fingerprint density at radius 1 is 1.50 bits per heavy atom. The van der Waals surface area contributed by atoms with Crippen LogP contribution >= 0.6 is 11.6 Å². The van der Waals surface area contributed by atoms with Crippen LogP contribution in [-0.2, 0) is 9.53 Å². The van der Waals surface area contributed by atoms with Crippen molar-refractivity contribution >= 4 is 17.5 Å². The molecule has 1 aliphatic rings. The van der Waals surface area contributed by atoms with Gasteiger partial charge in [-0.3, -0.25) is 4.79 Å². The smallest absolute Gasteiger partial charge is 0.243 e. The summed E-state index contributed by atoms with van der Waals surface area (Å²) in [7, 11) is 0. The lowest BCUT2D eigenvalue weighted by atomic mass is 10.00. The van der Waals surface area contributed by atoms with Gasteiger partial charge in [0, 0.05) is 19.8 Å². The summed E-state index contributed by atoms with van der Waals surface area (Å²) in [5.41, 5.74) is 0.371. The molecule has 2 rings (SSSR count). The number of hydrogen-bond donors (Lipinski definition) is 2. The highest BCUT2D eigenvalue weighted by molar-refractivity contribution is 6.30. The molecule has 1 unspecified atom stereocenters. The molecular formula is C16H19ClFNO3. The fourth-order valence-corrected chi connectivity index (χ4v) is 2.34. The fraction of sp³-hybridized carbons (Fsp3) is 0.438. The zero-order chi connectivity index (χ0) is 15.9. The van der Waals surface area contributed by atoms with Crippen LogP contribution in [0.4, 0.5) is 4.39 Å². The molecule has 1 heterocycles. The molecule has 120 valence electrons. The number of hydrogen-bond acceptors (Lipinski definition) is 3. The van der Waals surface area contributed by atoms with Crippen LogP contribution in [0.5, 0.6) is 0 Å². The lowest BCUT2D eigenvalue weighted by Crippen LogP contribution is -2.27. The van der Waals surface area contributed by atoms with Crippen LogP contribution in [0.15, 0.2) is 30.4 Å². The fourth-order valence-electron chi connectivity index (χ4n) is 2.23. The molecule has 1 aromatic carbocycles. The first-order chi connectivity index (χ1) is 10.6. The topological polar surface area (TPSA) is 58.6 Å². The summed E-state index contributed by atoms with van der Waals surface area (Å²) in [4.78, 5) is 11.7. The van der Waals surface area contributed by atoms with Crippen molar-refractivity contribution in [1.82, 2.24) is 5.32 Å². The molecule has 0 saturated carbocycles. The minimum atomic E-state index is -0.979. The first-order valence-electron chi connectivity index (χ1n) is 7.23. The number of ether oxygens (including phenoxy) is 1. The van der Waals surface area contributed by atoms with E-state index in [-0.39, 0.29) is 17.5 Å².